The van der Waals surface area contributed by atoms with Gasteiger partial charge in [0.1, 0.15) is 5.82 Å². The van der Waals surface area contributed by atoms with E-state index in [2.05, 4.69) is 33.9 Å². The highest BCUT2D eigenvalue weighted by Gasteiger charge is 2.26. The number of nitrogens with zero attached hydrogens (tertiary/aromatic N) is 5. The summed E-state index contributed by atoms with van der Waals surface area (Å²) in [7, 11) is 3.75. The van der Waals surface area contributed by atoms with Crippen LogP contribution in [0.15, 0.2) is 0 Å². The van der Waals surface area contributed by atoms with Crippen molar-refractivity contribution in [2.75, 3.05) is 33.7 Å². The lowest BCUT2D eigenvalue weighted by atomic mass is 10.0. The zero-order valence-electron chi connectivity index (χ0n) is 16.7. The first-order valence-electron chi connectivity index (χ1n) is 9.45. The molecule has 0 aliphatic carbocycles. The number of carbonyl (C=O) groups excluding carboxylic acids is 2. The first-order valence-corrected chi connectivity index (χ1v) is 9.45. The highest BCUT2D eigenvalue weighted by Crippen LogP contribution is 2.22. The molecule has 26 heavy (non-hydrogen) atoms. The summed E-state index contributed by atoms with van der Waals surface area (Å²) in [4.78, 5) is 28.1. The Morgan fingerprint density at radius 3 is 2.54 bits per heavy atom. The first-order chi connectivity index (χ1) is 12.3. The van der Waals surface area contributed by atoms with Crippen molar-refractivity contribution in [3.8, 4) is 0 Å². The molecule has 146 valence electrons. The van der Waals surface area contributed by atoms with Gasteiger partial charge >= 0.3 is 0 Å². The monoisotopic (exact) mass is 364 g/mol. The van der Waals surface area contributed by atoms with Crippen molar-refractivity contribution in [3.05, 3.63) is 11.6 Å². The van der Waals surface area contributed by atoms with E-state index in [0.717, 1.165) is 18.1 Å². The fraction of sp³-hybridized carbons (Fsp3) is 0.778. The molecule has 0 saturated carbocycles. The van der Waals surface area contributed by atoms with Crippen molar-refractivity contribution in [2.45, 2.75) is 52.6 Å². The summed E-state index contributed by atoms with van der Waals surface area (Å²) < 4.78 is 2.09. The van der Waals surface area contributed by atoms with E-state index in [9.17, 15) is 9.59 Å². The number of fused-ring (bicyclic) bond motifs is 1. The van der Waals surface area contributed by atoms with Gasteiger partial charge < -0.3 is 19.7 Å². The van der Waals surface area contributed by atoms with Crippen molar-refractivity contribution < 1.29 is 9.59 Å². The van der Waals surface area contributed by atoms with Crippen LogP contribution in [0.4, 0.5) is 0 Å². The molecular formula is C18H32N6O2. The predicted octanol–water partition coefficient (Wildman–Crippen LogP) is 0.838. The van der Waals surface area contributed by atoms with Crippen LogP contribution in [0.25, 0.3) is 0 Å². The minimum absolute atomic E-state index is 0.0191. The van der Waals surface area contributed by atoms with Crippen molar-refractivity contribution in [3.63, 3.8) is 0 Å². The topological polar surface area (TPSA) is 83.4 Å². The standard InChI is InChI=1S/C18H32N6O2/c1-6-17(26)23-8-7-15-20-21-18(24(15)10-9-23)14(11-13(2)3)19-16(25)12-22(4)5/h13-14H,6-12H2,1-5H3,(H,19,25)/t14-/m1/s1. The van der Waals surface area contributed by atoms with E-state index < -0.39 is 0 Å². The highest BCUT2D eigenvalue weighted by atomic mass is 16.2. The normalized spacial score (nSPS) is 15.7. The van der Waals surface area contributed by atoms with Gasteiger partial charge in [0.25, 0.3) is 0 Å². The van der Waals surface area contributed by atoms with Crippen LogP contribution in [0, 0.1) is 5.92 Å². The van der Waals surface area contributed by atoms with E-state index in [4.69, 9.17) is 0 Å². The van der Waals surface area contributed by atoms with Crippen LogP contribution >= 0.6 is 0 Å². The molecule has 1 aromatic heterocycles. The third-order valence-electron chi connectivity index (χ3n) is 4.52. The van der Waals surface area contributed by atoms with Crippen LogP contribution in [0.3, 0.4) is 0 Å². The molecule has 0 radical (unpaired) electrons. The molecule has 2 amide bonds. The molecular weight excluding hydrogens is 332 g/mol. The number of rotatable bonds is 7. The lowest BCUT2D eigenvalue weighted by Gasteiger charge is -2.23. The Hall–Kier alpha value is -1.96. The fourth-order valence-electron chi connectivity index (χ4n) is 3.30. The summed E-state index contributed by atoms with van der Waals surface area (Å²) in [5, 5.41) is 11.9. The van der Waals surface area contributed by atoms with Gasteiger partial charge in [-0.15, -0.1) is 10.2 Å². The molecule has 8 heteroatoms. The van der Waals surface area contributed by atoms with E-state index in [1.54, 1.807) is 0 Å². The Morgan fingerprint density at radius 2 is 1.92 bits per heavy atom. The van der Waals surface area contributed by atoms with E-state index in [1.165, 1.54) is 0 Å². The second-order valence-corrected chi connectivity index (χ2v) is 7.60. The van der Waals surface area contributed by atoms with Crippen molar-refractivity contribution in [2.24, 2.45) is 5.92 Å². The minimum atomic E-state index is -0.169. The van der Waals surface area contributed by atoms with Crippen LogP contribution < -0.4 is 5.32 Å². The second kappa shape index (κ2) is 9.12. The number of hydrogen-bond donors (Lipinski definition) is 1. The van der Waals surface area contributed by atoms with Crippen LogP contribution in [0.2, 0.25) is 0 Å². The molecule has 1 aliphatic heterocycles. The van der Waals surface area contributed by atoms with E-state index >= 15 is 0 Å². The average molecular weight is 364 g/mol. The van der Waals surface area contributed by atoms with Crippen LogP contribution in [-0.4, -0.2) is 70.1 Å². The molecule has 2 heterocycles. The van der Waals surface area contributed by atoms with Gasteiger partial charge in [0.15, 0.2) is 5.82 Å². The molecule has 1 atom stereocenters. The van der Waals surface area contributed by atoms with Crippen molar-refractivity contribution >= 4 is 11.8 Å². The van der Waals surface area contributed by atoms with Gasteiger partial charge in [-0.1, -0.05) is 20.8 Å². The Bertz CT molecular complexity index is 625. The van der Waals surface area contributed by atoms with E-state index in [0.29, 0.717) is 44.9 Å². The Balaban J connectivity index is 2.19. The maximum Gasteiger partial charge on any atom is 0.234 e. The van der Waals surface area contributed by atoms with E-state index in [1.807, 2.05) is 30.8 Å². The molecule has 0 fully saturated rings. The zero-order valence-corrected chi connectivity index (χ0v) is 16.7. The van der Waals surface area contributed by atoms with E-state index in [-0.39, 0.29) is 17.9 Å². The van der Waals surface area contributed by atoms with Gasteiger partial charge in [-0.3, -0.25) is 9.59 Å². The van der Waals surface area contributed by atoms with Crippen LogP contribution in [0.1, 0.15) is 51.3 Å². The van der Waals surface area contributed by atoms with Crippen LogP contribution in [0.5, 0.6) is 0 Å². The van der Waals surface area contributed by atoms with Crippen LogP contribution in [-0.2, 0) is 22.6 Å². The second-order valence-electron chi connectivity index (χ2n) is 7.60. The minimum Gasteiger partial charge on any atom is -0.345 e. The third-order valence-corrected chi connectivity index (χ3v) is 4.52. The highest BCUT2D eigenvalue weighted by molar-refractivity contribution is 5.78. The number of likely N-dealkylation sites (N-methyl/N-ethyl adjacent to an activating group) is 1. The lowest BCUT2D eigenvalue weighted by molar-refractivity contribution is -0.130. The summed E-state index contributed by atoms with van der Waals surface area (Å²) in [6.07, 6.45) is 2.01. The zero-order chi connectivity index (χ0) is 19.3. The Kier molecular flexibility index (Phi) is 7.14. The van der Waals surface area contributed by atoms with Gasteiger partial charge in [-0.2, -0.15) is 0 Å². The molecule has 2 rings (SSSR count). The molecule has 0 saturated heterocycles. The number of carbonyl (C=O) groups is 2. The molecule has 0 unspecified atom stereocenters. The molecule has 0 aromatic carbocycles. The predicted molar refractivity (Wildman–Crippen MR) is 99.5 cm³/mol. The van der Waals surface area contributed by atoms with Gasteiger partial charge in [0.2, 0.25) is 11.8 Å². The summed E-state index contributed by atoms with van der Waals surface area (Å²) in [5.74, 6) is 2.25. The maximum atomic E-state index is 12.3. The molecule has 0 spiro atoms. The quantitative estimate of drug-likeness (QED) is 0.775. The van der Waals surface area contributed by atoms with Gasteiger partial charge in [0.05, 0.1) is 12.6 Å². The lowest BCUT2D eigenvalue weighted by Crippen LogP contribution is -2.38. The largest absolute Gasteiger partial charge is 0.345 e. The van der Waals surface area contributed by atoms with Crippen molar-refractivity contribution in [1.82, 2.24) is 29.9 Å². The SMILES string of the molecule is CCC(=O)N1CCc2nnc([C@@H](CC(C)C)NC(=O)CN(C)C)n2CC1. The molecule has 8 nitrogen and oxygen atoms in total. The summed E-state index contributed by atoms with van der Waals surface area (Å²) in [6, 6.07) is -0.169. The van der Waals surface area contributed by atoms with Gasteiger partial charge in [-0.05, 0) is 26.4 Å². The summed E-state index contributed by atoms with van der Waals surface area (Å²) >= 11 is 0. The smallest absolute Gasteiger partial charge is 0.234 e. The Morgan fingerprint density at radius 1 is 1.19 bits per heavy atom. The third kappa shape index (κ3) is 5.27. The average Bonchev–Trinajstić information content (AvgIpc) is 2.84. The number of nitrogens with one attached hydrogen (secondary N) is 1. The first kappa shape index (κ1) is 20.4. The van der Waals surface area contributed by atoms with Gasteiger partial charge in [0, 0.05) is 32.5 Å². The molecule has 0 bridgehead atoms. The van der Waals surface area contributed by atoms with Crippen molar-refractivity contribution in [1.29, 1.82) is 0 Å². The maximum absolute atomic E-state index is 12.3. The number of hydrogen-bond acceptors (Lipinski definition) is 5. The van der Waals surface area contributed by atoms with Gasteiger partial charge in [-0.25, -0.2) is 0 Å². The molecule has 1 aromatic rings. The fourth-order valence-corrected chi connectivity index (χ4v) is 3.30. The molecule has 1 aliphatic rings. The number of aromatic nitrogens is 3. The Labute approximate surface area is 155 Å². The summed E-state index contributed by atoms with van der Waals surface area (Å²) in [6.45, 7) is 8.49. The summed E-state index contributed by atoms with van der Waals surface area (Å²) in [5.41, 5.74) is 0. The number of amides is 2. The molecule has 1 N–H and O–H groups in total.